The second-order valence-corrected chi connectivity index (χ2v) is 3.61. The van der Waals surface area contributed by atoms with E-state index in [1.807, 2.05) is 6.92 Å². The van der Waals surface area contributed by atoms with Crippen LogP contribution in [0.2, 0.25) is 0 Å². The van der Waals surface area contributed by atoms with Crippen LogP contribution in [0.5, 0.6) is 0 Å². The van der Waals surface area contributed by atoms with Crippen LogP contribution in [0.15, 0.2) is 18.2 Å². The number of nitrogens with one attached hydrogen (secondary N) is 1. The molecule has 0 bridgehead atoms. The average molecular weight is 223 g/mol. The minimum Gasteiger partial charge on any atom is -0.399 e. The molecule has 0 aliphatic carbocycles. The molecule has 6 N–H and O–H groups in total. The molecule has 16 heavy (non-hydrogen) atoms. The third-order valence-electron chi connectivity index (χ3n) is 2.37. The van der Waals surface area contributed by atoms with E-state index in [4.69, 9.17) is 16.6 Å². The molecule has 0 spiro atoms. The Labute approximate surface area is 94.4 Å². The number of aliphatic hydroxyl groups is 1. The van der Waals surface area contributed by atoms with Crippen molar-refractivity contribution in [1.82, 2.24) is 5.32 Å². The fourth-order valence-corrected chi connectivity index (χ4v) is 1.33. The van der Waals surface area contributed by atoms with Crippen LogP contribution in [-0.4, -0.2) is 23.7 Å². The predicted octanol–water partition coefficient (Wildman–Crippen LogP) is 0.352. The van der Waals surface area contributed by atoms with Gasteiger partial charge >= 0.3 is 0 Å². The molecule has 0 heterocycles. The Morgan fingerprint density at radius 2 is 2.19 bits per heavy atom. The SMILES string of the molecule is CC[C@H](CO)NC(=O)c1ccc(N)cc1N. The van der Waals surface area contributed by atoms with Crippen LogP contribution in [0.3, 0.4) is 0 Å². The lowest BCUT2D eigenvalue weighted by molar-refractivity contribution is 0.0916. The van der Waals surface area contributed by atoms with Gasteiger partial charge < -0.3 is 21.9 Å². The van der Waals surface area contributed by atoms with Crippen LogP contribution < -0.4 is 16.8 Å². The number of nitrogen functional groups attached to an aromatic ring is 2. The van der Waals surface area contributed by atoms with Crippen LogP contribution >= 0.6 is 0 Å². The number of rotatable bonds is 4. The lowest BCUT2D eigenvalue weighted by atomic mass is 10.1. The molecule has 1 aromatic carbocycles. The van der Waals surface area contributed by atoms with Crippen molar-refractivity contribution in [2.75, 3.05) is 18.1 Å². The van der Waals surface area contributed by atoms with E-state index < -0.39 is 0 Å². The largest absolute Gasteiger partial charge is 0.399 e. The molecule has 0 aliphatic rings. The third-order valence-corrected chi connectivity index (χ3v) is 2.37. The van der Waals surface area contributed by atoms with E-state index in [1.54, 1.807) is 12.1 Å². The van der Waals surface area contributed by atoms with E-state index in [1.165, 1.54) is 6.07 Å². The molecule has 1 atom stereocenters. The fraction of sp³-hybridized carbons (Fsp3) is 0.364. The summed E-state index contributed by atoms with van der Waals surface area (Å²) in [5.74, 6) is -0.293. The van der Waals surface area contributed by atoms with E-state index in [9.17, 15) is 4.79 Å². The molecule has 1 rings (SSSR count). The van der Waals surface area contributed by atoms with Crippen molar-refractivity contribution in [3.8, 4) is 0 Å². The molecule has 0 unspecified atom stereocenters. The van der Waals surface area contributed by atoms with Gasteiger partial charge in [0, 0.05) is 11.4 Å². The molecule has 0 aromatic heterocycles. The molecular formula is C11H17N3O2. The number of anilines is 2. The zero-order valence-electron chi connectivity index (χ0n) is 9.23. The van der Waals surface area contributed by atoms with Crippen LogP contribution in [0, 0.1) is 0 Å². The summed E-state index contributed by atoms with van der Waals surface area (Å²) in [5, 5.41) is 11.7. The van der Waals surface area contributed by atoms with Gasteiger partial charge in [-0.3, -0.25) is 4.79 Å². The van der Waals surface area contributed by atoms with Gasteiger partial charge in [-0.05, 0) is 24.6 Å². The van der Waals surface area contributed by atoms with Gasteiger partial charge in [-0.2, -0.15) is 0 Å². The summed E-state index contributed by atoms with van der Waals surface area (Å²) in [5.41, 5.74) is 12.4. The van der Waals surface area contributed by atoms with Crippen LogP contribution in [0.25, 0.3) is 0 Å². The Morgan fingerprint density at radius 1 is 1.50 bits per heavy atom. The summed E-state index contributed by atoms with van der Waals surface area (Å²) in [4.78, 5) is 11.8. The van der Waals surface area contributed by atoms with Crippen LogP contribution in [0.1, 0.15) is 23.7 Å². The highest BCUT2D eigenvalue weighted by Gasteiger charge is 2.13. The average Bonchev–Trinajstić information content (AvgIpc) is 2.25. The third kappa shape index (κ3) is 2.87. The van der Waals surface area contributed by atoms with E-state index >= 15 is 0 Å². The second-order valence-electron chi connectivity index (χ2n) is 3.61. The van der Waals surface area contributed by atoms with Crippen LogP contribution in [-0.2, 0) is 0 Å². The molecule has 0 saturated heterocycles. The highest BCUT2D eigenvalue weighted by atomic mass is 16.3. The Hall–Kier alpha value is -1.75. The van der Waals surface area contributed by atoms with Gasteiger partial charge in [0.2, 0.25) is 0 Å². The van der Waals surface area contributed by atoms with E-state index in [0.717, 1.165) is 0 Å². The smallest absolute Gasteiger partial charge is 0.253 e. The first-order valence-electron chi connectivity index (χ1n) is 5.15. The number of nitrogens with two attached hydrogens (primary N) is 2. The summed E-state index contributed by atoms with van der Waals surface area (Å²) in [6.45, 7) is 1.80. The van der Waals surface area contributed by atoms with E-state index in [0.29, 0.717) is 23.4 Å². The van der Waals surface area contributed by atoms with Gasteiger partial charge in [-0.15, -0.1) is 0 Å². The highest BCUT2D eigenvalue weighted by Crippen LogP contribution is 2.15. The minimum absolute atomic E-state index is 0.0862. The van der Waals surface area contributed by atoms with E-state index in [2.05, 4.69) is 5.32 Å². The van der Waals surface area contributed by atoms with E-state index in [-0.39, 0.29) is 18.6 Å². The number of hydrogen-bond donors (Lipinski definition) is 4. The van der Waals surface area contributed by atoms with Crippen molar-refractivity contribution in [1.29, 1.82) is 0 Å². The Morgan fingerprint density at radius 3 is 2.69 bits per heavy atom. The summed E-state index contributed by atoms with van der Waals surface area (Å²) >= 11 is 0. The van der Waals surface area contributed by atoms with Crippen molar-refractivity contribution >= 4 is 17.3 Å². The molecule has 0 radical (unpaired) electrons. The van der Waals surface area contributed by atoms with Crippen molar-refractivity contribution in [2.45, 2.75) is 19.4 Å². The molecule has 0 aliphatic heterocycles. The van der Waals surface area contributed by atoms with Gasteiger partial charge in [-0.25, -0.2) is 0 Å². The zero-order valence-corrected chi connectivity index (χ0v) is 9.23. The lowest BCUT2D eigenvalue weighted by Gasteiger charge is -2.14. The summed E-state index contributed by atoms with van der Waals surface area (Å²) in [7, 11) is 0. The lowest BCUT2D eigenvalue weighted by Crippen LogP contribution is -2.37. The summed E-state index contributed by atoms with van der Waals surface area (Å²) in [6, 6.07) is 4.48. The molecule has 88 valence electrons. The molecule has 5 heteroatoms. The van der Waals surface area contributed by atoms with Gasteiger partial charge in [0.05, 0.1) is 18.2 Å². The first kappa shape index (κ1) is 12.3. The topological polar surface area (TPSA) is 101 Å². The van der Waals surface area contributed by atoms with Crippen molar-refractivity contribution in [2.24, 2.45) is 0 Å². The normalized spacial score (nSPS) is 12.1. The molecule has 0 fully saturated rings. The number of hydrogen-bond acceptors (Lipinski definition) is 4. The van der Waals surface area contributed by atoms with Gasteiger partial charge in [0.25, 0.3) is 5.91 Å². The number of benzene rings is 1. The quantitative estimate of drug-likeness (QED) is 0.553. The monoisotopic (exact) mass is 223 g/mol. The standard InChI is InChI=1S/C11H17N3O2/c1-2-8(6-15)14-11(16)9-4-3-7(12)5-10(9)13/h3-5,8,15H,2,6,12-13H2,1H3,(H,14,16)/t8-/m1/s1. The minimum atomic E-state index is -0.293. The number of carbonyl (C=O) groups excluding carboxylic acids is 1. The fourth-order valence-electron chi connectivity index (χ4n) is 1.33. The molecule has 1 amide bonds. The van der Waals surface area contributed by atoms with Crippen LogP contribution in [0.4, 0.5) is 11.4 Å². The number of carbonyl (C=O) groups is 1. The predicted molar refractivity (Wildman–Crippen MR) is 63.9 cm³/mol. The molecule has 1 aromatic rings. The maximum absolute atomic E-state index is 11.8. The Kier molecular flexibility index (Phi) is 4.13. The molecule has 5 nitrogen and oxygen atoms in total. The number of amides is 1. The number of aliphatic hydroxyl groups excluding tert-OH is 1. The van der Waals surface area contributed by atoms with Gasteiger partial charge in [-0.1, -0.05) is 6.92 Å². The van der Waals surface area contributed by atoms with Crippen molar-refractivity contribution < 1.29 is 9.90 Å². The molecular weight excluding hydrogens is 206 g/mol. The Bertz CT molecular complexity index is 375. The Balaban J connectivity index is 2.80. The van der Waals surface area contributed by atoms with Crippen molar-refractivity contribution in [3.05, 3.63) is 23.8 Å². The first-order valence-corrected chi connectivity index (χ1v) is 5.15. The van der Waals surface area contributed by atoms with Gasteiger partial charge in [0.1, 0.15) is 0 Å². The first-order chi connectivity index (χ1) is 7.58. The maximum Gasteiger partial charge on any atom is 0.253 e. The molecule has 0 saturated carbocycles. The summed E-state index contributed by atoms with van der Waals surface area (Å²) in [6.07, 6.45) is 0.664. The second kappa shape index (κ2) is 5.37. The van der Waals surface area contributed by atoms with Gasteiger partial charge in [0.15, 0.2) is 0 Å². The maximum atomic E-state index is 11.8. The summed E-state index contributed by atoms with van der Waals surface area (Å²) < 4.78 is 0. The highest BCUT2D eigenvalue weighted by molar-refractivity contribution is 5.99. The van der Waals surface area contributed by atoms with Crippen molar-refractivity contribution in [3.63, 3.8) is 0 Å². The zero-order chi connectivity index (χ0) is 12.1.